The number of carbonyl (C=O) groups is 1. The minimum absolute atomic E-state index is 0.0913. The summed E-state index contributed by atoms with van der Waals surface area (Å²) in [6, 6.07) is 2.39. The topological polar surface area (TPSA) is 46.4 Å². The Morgan fingerprint density at radius 1 is 1.41 bits per heavy atom. The molecule has 0 fully saturated rings. The van der Waals surface area contributed by atoms with Crippen molar-refractivity contribution in [3.05, 3.63) is 26.2 Å². The Morgan fingerprint density at radius 2 is 2.14 bits per heavy atom. The fraction of sp³-hybridized carbons (Fsp3) is 0.500. The van der Waals surface area contributed by atoms with Crippen molar-refractivity contribution in [2.45, 2.75) is 40.3 Å². The number of nitrogens with one attached hydrogen (secondary N) is 2. The Hall–Kier alpha value is -1.24. The van der Waals surface area contributed by atoms with E-state index < -0.39 is 0 Å². The van der Waals surface area contributed by atoms with Crippen LogP contribution in [0.1, 0.15) is 28.6 Å². The molecule has 120 valence electrons. The summed E-state index contributed by atoms with van der Waals surface area (Å²) in [4.78, 5) is 20.3. The Labute approximate surface area is 140 Å². The highest BCUT2D eigenvalue weighted by Gasteiger charge is 2.15. The second kappa shape index (κ2) is 7.35. The summed E-state index contributed by atoms with van der Waals surface area (Å²) >= 11 is 3.48. The predicted molar refractivity (Wildman–Crippen MR) is 93.6 cm³/mol. The van der Waals surface area contributed by atoms with Gasteiger partial charge in [0.25, 0.3) is 5.91 Å². The summed E-state index contributed by atoms with van der Waals surface area (Å²) in [7, 11) is 2.03. The molecule has 0 spiro atoms. The maximum absolute atomic E-state index is 11.8. The van der Waals surface area contributed by atoms with Crippen LogP contribution in [0.5, 0.6) is 0 Å². The molecule has 1 atom stereocenters. The number of hydrogen-bond donors (Lipinski definition) is 2. The summed E-state index contributed by atoms with van der Waals surface area (Å²) < 4.78 is 0. The number of aryl methyl sites for hydroxylation is 2. The molecule has 4 nitrogen and oxygen atoms in total. The van der Waals surface area contributed by atoms with Crippen LogP contribution < -0.4 is 10.2 Å². The lowest BCUT2D eigenvalue weighted by molar-refractivity contribution is -0.885. The first-order valence-electron chi connectivity index (χ1n) is 7.47. The van der Waals surface area contributed by atoms with Crippen molar-refractivity contribution in [1.82, 2.24) is 10.3 Å². The quantitative estimate of drug-likeness (QED) is 0.847. The van der Waals surface area contributed by atoms with Crippen LogP contribution in [0.25, 0.3) is 11.3 Å². The molecule has 0 bridgehead atoms. The maximum atomic E-state index is 11.8. The third kappa shape index (κ3) is 4.63. The number of thiophene rings is 1. The molecular formula is C16H24N3OS2+. The molecule has 0 aliphatic carbocycles. The molecule has 2 heterocycles. The van der Waals surface area contributed by atoms with Gasteiger partial charge in [-0.25, -0.2) is 4.98 Å². The average Bonchev–Trinajstić information content (AvgIpc) is 2.94. The van der Waals surface area contributed by atoms with Gasteiger partial charge in [-0.3, -0.25) is 4.79 Å². The summed E-state index contributed by atoms with van der Waals surface area (Å²) in [6.45, 7) is 9.47. The molecule has 22 heavy (non-hydrogen) atoms. The van der Waals surface area contributed by atoms with Crippen LogP contribution in [0, 0.1) is 13.8 Å². The van der Waals surface area contributed by atoms with Gasteiger partial charge in [-0.2, -0.15) is 0 Å². The first-order chi connectivity index (χ1) is 10.3. The smallest absolute Gasteiger partial charge is 0.275 e. The standard InChI is InChI=1S/C16H23N3OS2/c1-10(2)17-15(20)7-19(5)8-16-18-14(9-21-16)13-6-11(3)22-12(13)4/h6,9-10H,7-8H2,1-5H3,(H,17,20)/p+1. The van der Waals surface area contributed by atoms with Gasteiger partial charge in [0.15, 0.2) is 6.54 Å². The van der Waals surface area contributed by atoms with Crippen LogP contribution in [-0.4, -0.2) is 30.5 Å². The van der Waals surface area contributed by atoms with E-state index in [-0.39, 0.29) is 11.9 Å². The minimum atomic E-state index is 0.0913. The van der Waals surface area contributed by atoms with Crippen molar-refractivity contribution in [3.63, 3.8) is 0 Å². The van der Waals surface area contributed by atoms with Gasteiger partial charge < -0.3 is 10.2 Å². The van der Waals surface area contributed by atoms with E-state index >= 15 is 0 Å². The third-order valence-corrected chi connectivity index (χ3v) is 5.05. The van der Waals surface area contributed by atoms with Gasteiger partial charge in [0.05, 0.1) is 12.7 Å². The first-order valence-corrected chi connectivity index (χ1v) is 9.17. The Balaban J connectivity index is 1.97. The molecule has 1 amide bonds. The molecular weight excluding hydrogens is 314 g/mol. The van der Waals surface area contributed by atoms with Gasteiger partial charge in [0, 0.05) is 26.7 Å². The van der Waals surface area contributed by atoms with Crippen molar-refractivity contribution in [3.8, 4) is 11.3 Å². The van der Waals surface area contributed by atoms with Gasteiger partial charge in [-0.15, -0.1) is 22.7 Å². The number of quaternary nitrogens is 1. The van der Waals surface area contributed by atoms with Crippen molar-refractivity contribution in [1.29, 1.82) is 0 Å². The lowest BCUT2D eigenvalue weighted by Crippen LogP contribution is -3.09. The monoisotopic (exact) mass is 338 g/mol. The fourth-order valence-electron chi connectivity index (χ4n) is 2.37. The zero-order chi connectivity index (χ0) is 16.3. The summed E-state index contributed by atoms with van der Waals surface area (Å²) in [5.74, 6) is 0.0913. The molecule has 2 rings (SSSR count). The molecule has 0 aliphatic rings. The molecule has 0 aromatic carbocycles. The highest BCUT2D eigenvalue weighted by Crippen LogP contribution is 2.31. The summed E-state index contributed by atoms with van der Waals surface area (Å²) in [5, 5.41) is 6.12. The Morgan fingerprint density at radius 3 is 2.73 bits per heavy atom. The number of likely N-dealkylation sites (N-methyl/N-ethyl adjacent to an activating group) is 1. The number of nitrogens with zero attached hydrogens (tertiary/aromatic N) is 1. The van der Waals surface area contributed by atoms with E-state index in [0.29, 0.717) is 6.54 Å². The van der Waals surface area contributed by atoms with E-state index in [4.69, 9.17) is 4.98 Å². The molecule has 0 radical (unpaired) electrons. The lowest BCUT2D eigenvalue weighted by atomic mass is 10.2. The molecule has 2 aromatic heterocycles. The van der Waals surface area contributed by atoms with Gasteiger partial charge in [0.1, 0.15) is 11.6 Å². The molecule has 1 unspecified atom stereocenters. The van der Waals surface area contributed by atoms with Crippen LogP contribution in [0.2, 0.25) is 0 Å². The summed E-state index contributed by atoms with van der Waals surface area (Å²) in [6.07, 6.45) is 0. The fourth-order valence-corrected chi connectivity index (χ4v) is 4.21. The van der Waals surface area contributed by atoms with E-state index in [1.165, 1.54) is 15.3 Å². The van der Waals surface area contributed by atoms with Crippen molar-refractivity contribution in [2.24, 2.45) is 0 Å². The van der Waals surface area contributed by atoms with E-state index in [2.05, 4.69) is 30.6 Å². The van der Waals surface area contributed by atoms with E-state index in [1.54, 1.807) is 11.3 Å². The van der Waals surface area contributed by atoms with E-state index in [9.17, 15) is 4.79 Å². The molecule has 6 heteroatoms. The first kappa shape index (κ1) is 17.1. The number of thiazole rings is 1. The highest BCUT2D eigenvalue weighted by atomic mass is 32.1. The van der Waals surface area contributed by atoms with Crippen LogP contribution in [0.15, 0.2) is 11.4 Å². The second-order valence-corrected chi connectivity index (χ2v) is 8.39. The van der Waals surface area contributed by atoms with E-state index in [1.807, 2.05) is 32.2 Å². The third-order valence-electron chi connectivity index (χ3n) is 3.23. The second-order valence-electron chi connectivity index (χ2n) is 5.99. The predicted octanol–water partition coefficient (Wildman–Crippen LogP) is 2.03. The van der Waals surface area contributed by atoms with Gasteiger partial charge in [0.2, 0.25) is 0 Å². The van der Waals surface area contributed by atoms with Crippen molar-refractivity contribution in [2.75, 3.05) is 13.6 Å². The highest BCUT2D eigenvalue weighted by molar-refractivity contribution is 7.12. The lowest BCUT2D eigenvalue weighted by Gasteiger charge is -2.13. The van der Waals surface area contributed by atoms with Crippen molar-refractivity contribution < 1.29 is 9.69 Å². The normalized spacial score (nSPS) is 12.6. The number of amides is 1. The zero-order valence-electron chi connectivity index (χ0n) is 13.8. The van der Waals surface area contributed by atoms with Gasteiger partial charge in [-0.05, 0) is 33.8 Å². The van der Waals surface area contributed by atoms with Crippen LogP contribution in [0.3, 0.4) is 0 Å². The largest absolute Gasteiger partial charge is 0.349 e. The van der Waals surface area contributed by atoms with Gasteiger partial charge in [-0.1, -0.05) is 0 Å². The van der Waals surface area contributed by atoms with E-state index in [0.717, 1.165) is 22.1 Å². The minimum Gasteiger partial charge on any atom is -0.349 e. The molecule has 0 saturated heterocycles. The van der Waals surface area contributed by atoms with Crippen LogP contribution in [0.4, 0.5) is 0 Å². The number of rotatable bonds is 6. The number of aromatic nitrogens is 1. The number of hydrogen-bond acceptors (Lipinski definition) is 4. The molecule has 0 aliphatic heterocycles. The molecule has 0 saturated carbocycles. The van der Waals surface area contributed by atoms with Crippen LogP contribution in [-0.2, 0) is 11.3 Å². The molecule has 2 aromatic rings. The number of carbonyl (C=O) groups excluding carboxylic acids is 1. The van der Waals surface area contributed by atoms with Crippen molar-refractivity contribution >= 4 is 28.6 Å². The SMILES string of the molecule is Cc1cc(-c2csc(C[NH+](C)CC(=O)NC(C)C)n2)c(C)s1. The van der Waals surface area contributed by atoms with Crippen LogP contribution >= 0.6 is 22.7 Å². The zero-order valence-corrected chi connectivity index (χ0v) is 15.5. The Kier molecular flexibility index (Phi) is 5.72. The maximum Gasteiger partial charge on any atom is 0.275 e. The molecule has 2 N–H and O–H groups in total. The summed E-state index contributed by atoms with van der Waals surface area (Å²) in [5.41, 5.74) is 2.29. The Bertz CT molecular complexity index is 646. The average molecular weight is 339 g/mol. The van der Waals surface area contributed by atoms with Gasteiger partial charge >= 0.3 is 0 Å².